The Balaban J connectivity index is 0.000000423. The first-order chi connectivity index (χ1) is 14.1. The first-order valence-electron chi connectivity index (χ1n) is 8.80. The number of pyridine rings is 1. The van der Waals surface area contributed by atoms with Crippen LogP contribution in [0.15, 0.2) is 26.2 Å². The van der Waals surface area contributed by atoms with E-state index in [9.17, 15) is 21.6 Å². The molecule has 0 atom stereocenters. The van der Waals surface area contributed by atoms with Crippen LogP contribution in [0.1, 0.15) is 37.8 Å². The number of aliphatic carboxylic acids is 1. The third-order valence-electron chi connectivity index (χ3n) is 3.99. The summed E-state index contributed by atoms with van der Waals surface area (Å²) in [5, 5.41) is 14.2. The number of nitrogens with one attached hydrogen (secondary N) is 2. The molecule has 9 nitrogen and oxygen atoms in total. The number of rotatable bonds is 3. The number of halogens is 4. The zero-order chi connectivity index (χ0) is 23.6. The molecule has 3 rings (SSSR count). The lowest BCUT2D eigenvalue weighted by molar-refractivity contribution is -0.192. The van der Waals surface area contributed by atoms with Gasteiger partial charge in [0.25, 0.3) is 10.0 Å². The minimum atomic E-state index is -5.08. The third kappa shape index (κ3) is 6.40. The molecule has 0 aliphatic carbocycles. The van der Waals surface area contributed by atoms with Crippen molar-refractivity contribution in [2.75, 3.05) is 11.3 Å². The van der Waals surface area contributed by atoms with Crippen molar-refractivity contribution in [3.63, 3.8) is 0 Å². The van der Waals surface area contributed by atoms with Crippen LogP contribution in [0, 0.1) is 0 Å². The Bertz CT molecular complexity index is 1060. The SMILES string of the molecule is CC(C)(C)c1onc(NS(=O)(=O)c2cnc3c(c2)CNCC3)c1Br.O=C(O)C(F)(F)F. The van der Waals surface area contributed by atoms with Crippen LogP contribution in [0.25, 0.3) is 0 Å². The van der Waals surface area contributed by atoms with Gasteiger partial charge in [0.1, 0.15) is 9.37 Å². The molecule has 0 radical (unpaired) electrons. The van der Waals surface area contributed by atoms with Crippen molar-refractivity contribution >= 4 is 37.7 Å². The molecule has 1 aliphatic rings. The van der Waals surface area contributed by atoms with Crippen LogP contribution in [0.3, 0.4) is 0 Å². The Labute approximate surface area is 184 Å². The van der Waals surface area contributed by atoms with Gasteiger partial charge in [0, 0.05) is 36.8 Å². The normalized spacial score (nSPS) is 14.3. The van der Waals surface area contributed by atoms with Gasteiger partial charge in [-0.15, -0.1) is 0 Å². The smallest absolute Gasteiger partial charge is 0.475 e. The largest absolute Gasteiger partial charge is 0.490 e. The van der Waals surface area contributed by atoms with E-state index in [4.69, 9.17) is 14.4 Å². The van der Waals surface area contributed by atoms with Crippen molar-refractivity contribution in [1.82, 2.24) is 15.5 Å². The highest BCUT2D eigenvalue weighted by Crippen LogP contribution is 2.35. The first kappa shape index (κ1) is 25.1. The Hall–Kier alpha value is -2.19. The third-order valence-corrected chi connectivity index (χ3v) is 6.03. The Morgan fingerprint density at radius 2 is 1.94 bits per heavy atom. The van der Waals surface area contributed by atoms with E-state index in [0.29, 0.717) is 16.8 Å². The summed E-state index contributed by atoms with van der Waals surface area (Å²) in [5.74, 6) is -2.05. The lowest BCUT2D eigenvalue weighted by Gasteiger charge is -2.17. The summed E-state index contributed by atoms with van der Waals surface area (Å²) in [4.78, 5) is 13.3. The van der Waals surface area contributed by atoms with Crippen LogP contribution in [0.5, 0.6) is 0 Å². The maximum absolute atomic E-state index is 12.6. The second kappa shape index (κ2) is 9.12. The molecule has 0 saturated carbocycles. The standard InChI is InChI=1S/C15H19BrN4O3S.C2HF3O2/c1-15(2,3)13-12(16)14(19-23-13)20-24(21,22)10-6-9-7-17-5-4-11(9)18-8-10;3-2(4,5)1(6)7/h6,8,17H,4-5,7H2,1-3H3,(H,19,20);(H,6,7). The van der Waals surface area contributed by atoms with E-state index in [1.54, 1.807) is 6.07 Å². The molecule has 0 aromatic carbocycles. The lowest BCUT2D eigenvalue weighted by atomic mass is 9.93. The van der Waals surface area contributed by atoms with E-state index < -0.39 is 22.2 Å². The van der Waals surface area contributed by atoms with Crippen molar-refractivity contribution < 1.29 is 36.0 Å². The van der Waals surface area contributed by atoms with E-state index in [-0.39, 0.29) is 16.1 Å². The van der Waals surface area contributed by atoms with Crippen molar-refractivity contribution in [2.45, 2.75) is 50.2 Å². The monoisotopic (exact) mass is 528 g/mol. The van der Waals surface area contributed by atoms with Gasteiger partial charge in [0.05, 0.1) is 0 Å². The predicted molar refractivity (Wildman–Crippen MR) is 107 cm³/mol. The van der Waals surface area contributed by atoms with E-state index in [0.717, 1.165) is 24.2 Å². The van der Waals surface area contributed by atoms with Crippen molar-refractivity contribution in [2.24, 2.45) is 0 Å². The molecule has 0 unspecified atom stereocenters. The molecule has 0 amide bonds. The molecule has 0 bridgehead atoms. The van der Waals surface area contributed by atoms with Gasteiger partial charge in [0.2, 0.25) is 0 Å². The predicted octanol–water partition coefficient (Wildman–Crippen LogP) is 3.21. The summed E-state index contributed by atoms with van der Waals surface area (Å²) >= 11 is 3.36. The number of nitrogens with zero attached hydrogens (tertiary/aromatic N) is 2. The Morgan fingerprint density at radius 3 is 2.45 bits per heavy atom. The molecule has 1 aliphatic heterocycles. The summed E-state index contributed by atoms with van der Waals surface area (Å²) in [7, 11) is -3.79. The van der Waals surface area contributed by atoms with Gasteiger partial charge in [0.15, 0.2) is 11.6 Å². The number of carboxylic acids is 1. The summed E-state index contributed by atoms with van der Waals surface area (Å²) < 4.78 is 65.2. The first-order valence-corrected chi connectivity index (χ1v) is 11.1. The zero-order valence-corrected chi connectivity index (χ0v) is 19.1. The fourth-order valence-corrected chi connectivity index (χ4v) is 4.44. The van der Waals surface area contributed by atoms with E-state index >= 15 is 0 Å². The molecule has 0 fully saturated rings. The number of carbonyl (C=O) groups is 1. The fraction of sp³-hybridized carbons (Fsp3) is 0.471. The molecule has 0 saturated heterocycles. The summed E-state index contributed by atoms with van der Waals surface area (Å²) in [5.41, 5.74) is 1.54. The van der Waals surface area contributed by atoms with Crippen LogP contribution >= 0.6 is 15.9 Å². The van der Waals surface area contributed by atoms with Gasteiger partial charge in [-0.3, -0.25) is 9.71 Å². The second-order valence-corrected chi connectivity index (χ2v) is 10.0. The van der Waals surface area contributed by atoms with Gasteiger partial charge in [-0.2, -0.15) is 13.2 Å². The molecule has 31 heavy (non-hydrogen) atoms. The topological polar surface area (TPSA) is 134 Å². The van der Waals surface area contributed by atoms with Gasteiger partial charge in [-0.05, 0) is 27.6 Å². The minimum absolute atomic E-state index is 0.108. The molecular formula is C17H20BrF3N4O5S. The molecule has 3 N–H and O–H groups in total. The highest BCUT2D eigenvalue weighted by Gasteiger charge is 2.38. The minimum Gasteiger partial charge on any atom is -0.475 e. The quantitative estimate of drug-likeness (QED) is 0.552. The molecule has 3 heterocycles. The van der Waals surface area contributed by atoms with Crippen molar-refractivity contribution in [3.05, 3.63) is 33.8 Å². The van der Waals surface area contributed by atoms with Crippen LogP contribution in [-0.4, -0.2) is 42.4 Å². The summed E-state index contributed by atoms with van der Waals surface area (Å²) in [6, 6.07) is 1.65. The van der Waals surface area contributed by atoms with Gasteiger partial charge >= 0.3 is 12.1 Å². The van der Waals surface area contributed by atoms with Crippen LogP contribution < -0.4 is 10.0 Å². The number of fused-ring (bicyclic) bond motifs is 1. The molecular weight excluding hydrogens is 509 g/mol. The van der Waals surface area contributed by atoms with Crippen LogP contribution in [0.4, 0.5) is 19.0 Å². The van der Waals surface area contributed by atoms with E-state index in [1.165, 1.54) is 6.20 Å². The zero-order valence-electron chi connectivity index (χ0n) is 16.7. The number of hydrogen-bond acceptors (Lipinski definition) is 7. The number of aromatic nitrogens is 2. The summed E-state index contributed by atoms with van der Waals surface area (Å²) in [6.07, 6.45) is -2.90. The fourth-order valence-electron chi connectivity index (χ4n) is 2.47. The number of carboxylic acid groups (broad SMARTS) is 1. The van der Waals surface area contributed by atoms with Gasteiger partial charge in [-0.25, -0.2) is 13.2 Å². The second-order valence-electron chi connectivity index (χ2n) is 7.54. The average molecular weight is 529 g/mol. The van der Waals surface area contributed by atoms with Crippen molar-refractivity contribution in [1.29, 1.82) is 0 Å². The molecule has 2 aromatic rings. The van der Waals surface area contributed by atoms with Gasteiger partial charge < -0.3 is 14.9 Å². The lowest BCUT2D eigenvalue weighted by Crippen LogP contribution is -2.25. The number of hydrogen-bond donors (Lipinski definition) is 3. The Morgan fingerprint density at radius 1 is 1.32 bits per heavy atom. The van der Waals surface area contributed by atoms with Crippen LogP contribution in [0.2, 0.25) is 0 Å². The van der Waals surface area contributed by atoms with E-state index in [1.807, 2.05) is 20.8 Å². The molecule has 172 valence electrons. The number of alkyl halides is 3. The summed E-state index contributed by atoms with van der Waals surface area (Å²) in [6.45, 7) is 7.34. The number of anilines is 1. The Kier molecular flexibility index (Phi) is 7.38. The average Bonchev–Trinajstić information content (AvgIpc) is 3.01. The maximum atomic E-state index is 12.6. The maximum Gasteiger partial charge on any atom is 0.490 e. The van der Waals surface area contributed by atoms with Gasteiger partial charge in [-0.1, -0.05) is 25.9 Å². The highest BCUT2D eigenvalue weighted by atomic mass is 79.9. The highest BCUT2D eigenvalue weighted by molar-refractivity contribution is 9.10. The molecule has 0 spiro atoms. The number of sulfonamides is 1. The van der Waals surface area contributed by atoms with Crippen molar-refractivity contribution in [3.8, 4) is 0 Å². The molecule has 14 heteroatoms. The van der Waals surface area contributed by atoms with Crippen LogP contribution in [-0.2, 0) is 33.2 Å². The van der Waals surface area contributed by atoms with E-state index in [2.05, 4.69) is 36.1 Å². The molecule has 2 aromatic heterocycles.